The molecule has 2 heteroatoms. The highest BCUT2D eigenvalue weighted by Gasteiger charge is 1.86. The summed E-state index contributed by atoms with van der Waals surface area (Å²) in [6.45, 7) is 1.87. The Balaban J connectivity index is 0.000000292. The van der Waals surface area contributed by atoms with Gasteiger partial charge in [0.15, 0.2) is 0 Å². The van der Waals surface area contributed by atoms with Crippen molar-refractivity contribution < 1.29 is 5.11 Å². The van der Waals surface area contributed by atoms with Gasteiger partial charge in [-0.1, -0.05) is 18.2 Å². The average molecular weight is 170 g/mol. The maximum absolute atomic E-state index is 8.92. The van der Waals surface area contributed by atoms with Crippen LogP contribution in [0.3, 0.4) is 0 Å². The number of aryl methyl sites for hydroxylation is 1. The predicted octanol–water partition coefficient (Wildman–Crippen LogP) is 2.68. The van der Waals surface area contributed by atoms with Gasteiger partial charge in [-0.3, -0.25) is 0 Å². The van der Waals surface area contributed by atoms with Crippen molar-refractivity contribution in [2.75, 3.05) is 12.5 Å². The summed E-state index contributed by atoms with van der Waals surface area (Å²) in [6.07, 6.45) is 4.08. The monoisotopic (exact) mass is 170 g/mol. The third-order valence-electron chi connectivity index (χ3n) is 1.12. The zero-order chi connectivity index (χ0) is 8.69. The van der Waals surface area contributed by atoms with Crippen LogP contribution in [0.2, 0.25) is 0 Å². The molecule has 0 aliphatic carbocycles. The largest absolute Gasteiger partial charge is 0.508 e. The molecule has 0 fully saturated rings. The van der Waals surface area contributed by atoms with E-state index in [1.807, 2.05) is 37.6 Å². The van der Waals surface area contributed by atoms with E-state index in [1.165, 1.54) is 0 Å². The van der Waals surface area contributed by atoms with E-state index >= 15 is 0 Å². The van der Waals surface area contributed by atoms with Crippen molar-refractivity contribution in [1.82, 2.24) is 0 Å². The van der Waals surface area contributed by atoms with Crippen molar-refractivity contribution >= 4 is 11.8 Å². The van der Waals surface area contributed by atoms with Crippen molar-refractivity contribution in [3.8, 4) is 5.75 Å². The Labute approximate surface area is 72.4 Å². The number of benzene rings is 1. The molecule has 0 saturated heterocycles. The lowest BCUT2D eigenvalue weighted by atomic mass is 10.2. The quantitative estimate of drug-likeness (QED) is 0.646. The van der Waals surface area contributed by atoms with Crippen LogP contribution in [0.1, 0.15) is 5.56 Å². The topological polar surface area (TPSA) is 20.2 Å². The molecule has 1 rings (SSSR count). The first kappa shape index (κ1) is 10.4. The van der Waals surface area contributed by atoms with Crippen molar-refractivity contribution in [3.05, 3.63) is 29.8 Å². The first-order chi connectivity index (χ1) is 5.22. The molecule has 0 bridgehead atoms. The SMILES string of the molecule is CSC.Cc1ccccc1O. The van der Waals surface area contributed by atoms with Crippen LogP contribution in [0.15, 0.2) is 24.3 Å². The first-order valence-electron chi connectivity index (χ1n) is 3.37. The molecule has 0 aromatic heterocycles. The molecule has 1 nitrogen and oxygen atoms in total. The second kappa shape index (κ2) is 6.10. The Hall–Kier alpha value is -0.630. The van der Waals surface area contributed by atoms with Gasteiger partial charge >= 0.3 is 0 Å². The van der Waals surface area contributed by atoms with Gasteiger partial charge in [0.25, 0.3) is 0 Å². The number of hydrogen-bond donors (Lipinski definition) is 1. The minimum Gasteiger partial charge on any atom is -0.508 e. The molecule has 0 radical (unpaired) electrons. The number of hydrogen-bond acceptors (Lipinski definition) is 2. The van der Waals surface area contributed by atoms with E-state index in [0.29, 0.717) is 5.75 Å². The Morgan fingerprint density at radius 1 is 1.18 bits per heavy atom. The standard InChI is InChI=1S/C7H8O.C2H6S/c1-6-4-2-3-5-7(6)8;1-3-2/h2-5,8H,1H3;1-2H3. The van der Waals surface area contributed by atoms with Crippen LogP contribution in [0.4, 0.5) is 0 Å². The molecular formula is C9H14OS. The molecule has 0 atom stereocenters. The fraction of sp³-hybridized carbons (Fsp3) is 0.333. The summed E-state index contributed by atoms with van der Waals surface area (Å²) in [5, 5.41) is 8.92. The van der Waals surface area contributed by atoms with E-state index < -0.39 is 0 Å². The second-order valence-electron chi connectivity index (χ2n) is 2.19. The highest BCUT2D eigenvalue weighted by atomic mass is 32.2. The highest BCUT2D eigenvalue weighted by molar-refractivity contribution is 7.97. The maximum Gasteiger partial charge on any atom is 0.118 e. The fourth-order valence-corrected chi connectivity index (χ4v) is 0.563. The number of rotatable bonds is 0. The van der Waals surface area contributed by atoms with Crippen LogP contribution in [0.25, 0.3) is 0 Å². The molecule has 1 N–H and O–H groups in total. The van der Waals surface area contributed by atoms with Crippen LogP contribution in [0.5, 0.6) is 5.75 Å². The van der Waals surface area contributed by atoms with Gasteiger partial charge in [-0.05, 0) is 31.1 Å². The summed E-state index contributed by atoms with van der Waals surface area (Å²) in [5.41, 5.74) is 0.924. The van der Waals surface area contributed by atoms with Crippen LogP contribution in [-0.2, 0) is 0 Å². The summed E-state index contributed by atoms with van der Waals surface area (Å²) in [4.78, 5) is 0. The van der Waals surface area contributed by atoms with Gasteiger partial charge in [0, 0.05) is 0 Å². The van der Waals surface area contributed by atoms with E-state index in [0.717, 1.165) is 5.56 Å². The molecule has 0 spiro atoms. The Kier molecular flexibility index (Phi) is 5.75. The minimum atomic E-state index is 0.368. The van der Waals surface area contributed by atoms with Gasteiger partial charge in [0.1, 0.15) is 5.75 Å². The van der Waals surface area contributed by atoms with Gasteiger partial charge < -0.3 is 5.11 Å². The van der Waals surface area contributed by atoms with Gasteiger partial charge in [-0.25, -0.2) is 0 Å². The number of para-hydroxylation sites is 1. The molecular weight excluding hydrogens is 156 g/mol. The number of thioether (sulfide) groups is 1. The maximum atomic E-state index is 8.92. The van der Waals surface area contributed by atoms with E-state index in [1.54, 1.807) is 17.8 Å². The number of phenolic OH excluding ortho intramolecular Hbond substituents is 1. The molecule has 62 valence electrons. The van der Waals surface area contributed by atoms with Gasteiger partial charge in [0.05, 0.1) is 0 Å². The Morgan fingerprint density at radius 3 is 1.91 bits per heavy atom. The molecule has 0 saturated carbocycles. The lowest BCUT2D eigenvalue weighted by molar-refractivity contribution is 0.471. The van der Waals surface area contributed by atoms with E-state index in [2.05, 4.69) is 0 Å². The Morgan fingerprint density at radius 2 is 1.64 bits per heavy atom. The van der Waals surface area contributed by atoms with Crippen molar-refractivity contribution in [2.45, 2.75) is 6.92 Å². The molecule has 1 aromatic carbocycles. The summed E-state index contributed by atoms with van der Waals surface area (Å²) >= 11 is 1.75. The normalized spacial score (nSPS) is 8.27. The van der Waals surface area contributed by atoms with Gasteiger partial charge in [0.2, 0.25) is 0 Å². The third kappa shape index (κ3) is 4.73. The smallest absolute Gasteiger partial charge is 0.118 e. The number of aromatic hydroxyl groups is 1. The summed E-state index contributed by atoms with van der Waals surface area (Å²) < 4.78 is 0. The fourth-order valence-electron chi connectivity index (χ4n) is 0.563. The first-order valence-corrected chi connectivity index (χ1v) is 5.00. The van der Waals surface area contributed by atoms with Crippen LogP contribution in [-0.4, -0.2) is 17.6 Å². The van der Waals surface area contributed by atoms with Crippen LogP contribution >= 0.6 is 11.8 Å². The lowest BCUT2D eigenvalue weighted by Crippen LogP contribution is -1.68. The van der Waals surface area contributed by atoms with E-state index in [-0.39, 0.29) is 0 Å². The van der Waals surface area contributed by atoms with E-state index in [9.17, 15) is 0 Å². The van der Waals surface area contributed by atoms with Gasteiger partial charge in [-0.2, -0.15) is 11.8 Å². The number of phenols is 1. The third-order valence-corrected chi connectivity index (χ3v) is 1.12. The predicted molar refractivity (Wildman–Crippen MR) is 52.3 cm³/mol. The van der Waals surface area contributed by atoms with Gasteiger partial charge in [-0.15, -0.1) is 0 Å². The molecule has 11 heavy (non-hydrogen) atoms. The second-order valence-corrected chi connectivity index (χ2v) is 3.01. The summed E-state index contributed by atoms with van der Waals surface area (Å²) in [7, 11) is 0. The highest BCUT2D eigenvalue weighted by Crippen LogP contribution is 2.12. The summed E-state index contributed by atoms with van der Waals surface area (Å²) in [6, 6.07) is 7.25. The molecule has 0 aliphatic heterocycles. The van der Waals surface area contributed by atoms with Crippen LogP contribution in [0, 0.1) is 6.92 Å². The summed E-state index contributed by atoms with van der Waals surface area (Å²) in [5.74, 6) is 0.368. The van der Waals surface area contributed by atoms with Crippen molar-refractivity contribution in [3.63, 3.8) is 0 Å². The zero-order valence-electron chi connectivity index (χ0n) is 7.16. The minimum absolute atomic E-state index is 0.368. The molecule has 0 heterocycles. The molecule has 1 aromatic rings. The van der Waals surface area contributed by atoms with Crippen molar-refractivity contribution in [1.29, 1.82) is 0 Å². The molecule has 0 unspecified atom stereocenters. The average Bonchev–Trinajstić information content (AvgIpc) is 1.97. The molecule has 0 amide bonds. The molecule has 0 aliphatic rings. The lowest BCUT2D eigenvalue weighted by Gasteiger charge is -1.92. The zero-order valence-corrected chi connectivity index (χ0v) is 7.98. The van der Waals surface area contributed by atoms with Crippen molar-refractivity contribution in [2.24, 2.45) is 0 Å². The van der Waals surface area contributed by atoms with E-state index in [4.69, 9.17) is 5.11 Å². The Bertz CT molecular complexity index is 178. The van der Waals surface area contributed by atoms with Crippen LogP contribution < -0.4 is 0 Å².